The Kier molecular flexibility index (Phi) is 5.03. The number of carbonyl (C=O) groups excluding carboxylic acids is 4. The molecule has 2 fully saturated rings. The quantitative estimate of drug-likeness (QED) is 0.760. The van der Waals surface area contributed by atoms with E-state index in [1.165, 1.54) is 12.1 Å². The summed E-state index contributed by atoms with van der Waals surface area (Å²) >= 11 is 0. The molecule has 30 heavy (non-hydrogen) atoms. The van der Waals surface area contributed by atoms with Gasteiger partial charge in [-0.05, 0) is 69.9 Å². The molecule has 3 aliphatic rings. The zero-order valence-electron chi connectivity index (χ0n) is 17.3. The molecule has 4 rings (SSSR count). The number of fused-ring (bicyclic) bond motifs is 3. The van der Waals surface area contributed by atoms with E-state index in [4.69, 9.17) is 9.57 Å². The standard InChI is InChI=1S/C22H26N2O6/c1-22(2,3)29-21(28)23-17(16-11-12-8-9-13(16)10-12)20(27)30-24-18(25)14-6-4-5-7-15(14)19(24)26/h4-7,12-13,16-17H,8-11H2,1-3H3,(H,23,28). The highest BCUT2D eigenvalue weighted by Crippen LogP contribution is 2.49. The molecule has 0 spiro atoms. The van der Waals surface area contributed by atoms with Crippen molar-refractivity contribution < 1.29 is 28.8 Å². The van der Waals surface area contributed by atoms with Crippen LogP contribution in [-0.2, 0) is 14.4 Å². The molecule has 8 heteroatoms. The molecule has 1 aromatic rings. The fraction of sp³-hybridized carbons (Fsp3) is 0.545. The van der Waals surface area contributed by atoms with Crippen LogP contribution in [0.4, 0.5) is 4.79 Å². The Bertz CT molecular complexity index is 870. The molecule has 1 aliphatic heterocycles. The SMILES string of the molecule is CC(C)(C)OC(=O)NC(C(=O)ON1C(=O)c2ccccc2C1=O)C1CC2CCC1C2. The lowest BCUT2D eigenvalue weighted by molar-refractivity contribution is -0.173. The van der Waals surface area contributed by atoms with Gasteiger partial charge in [0, 0.05) is 0 Å². The van der Waals surface area contributed by atoms with Crippen LogP contribution in [0.25, 0.3) is 0 Å². The Morgan fingerprint density at radius 3 is 2.20 bits per heavy atom. The molecular weight excluding hydrogens is 388 g/mol. The van der Waals surface area contributed by atoms with E-state index in [1.54, 1.807) is 32.9 Å². The summed E-state index contributed by atoms with van der Waals surface area (Å²) in [5.74, 6) is -1.49. The number of hydrogen-bond donors (Lipinski definition) is 1. The minimum atomic E-state index is -0.987. The van der Waals surface area contributed by atoms with Crippen molar-refractivity contribution in [2.45, 2.75) is 58.1 Å². The summed E-state index contributed by atoms with van der Waals surface area (Å²) in [6.07, 6.45) is 3.19. The van der Waals surface area contributed by atoms with E-state index in [0.29, 0.717) is 16.9 Å². The number of hydrogen-bond acceptors (Lipinski definition) is 6. The topological polar surface area (TPSA) is 102 Å². The highest BCUT2D eigenvalue weighted by atomic mass is 16.7. The number of imide groups is 1. The van der Waals surface area contributed by atoms with Crippen LogP contribution < -0.4 is 5.32 Å². The monoisotopic (exact) mass is 414 g/mol. The minimum Gasteiger partial charge on any atom is -0.444 e. The van der Waals surface area contributed by atoms with Crippen molar-refractivity contribution >= 4 is 23.9 Å². The number of hydroxylamine groups is 2. The van der Waals surface area contributed by atoms with E-state index in [9.17, 15) is 19.2 Å². The third-order valence-electron chi connectivity index (χ3n) is 6.09. The summed E-state index contributed by atoms with van der Waals surface area (Å²) in [7, 11) is 0. The predicted molar refractivity (Wildman–Crippen MR) is 105 cm³/mol. The Labute approximate surface area is 174 Å². The molecule has 1 aromatic carbocycles. The zero-order chi connectivity index (χ0) is 21.6. The van der Waals surface area contributed by atoms with Crippen LogP contribution in [0, 0.1) is 17.8 Å². The molecule has 0 aromatic heterocycles. The summed E-state index contributed by atoms with van der Waals surface area (Å²) in [5, 5.41) is 3.13. The van der Waals surface area contributed by atoms with E-state index in [1.807, 2.05) is 0 Å². The van der Waals surface area contributed by atoms with Crippen molar-refractivity contribution in [2.75, 3.05) is 0 Å². The lowest BCUT2D eigenvalue weighted by Gasteiger charge is -2.31. The van der Waals surface area contributed by atoms with Crippen LogP contribution in [0.15, 0.2) is 24.3 Å². The molecular formula is C22H26N2O6. The van der Waals surface area contributed by atoms with Crippen LogP contribution in [0.3, 0.4) is 0 Å². The number of alkyl carbamates (subject to hydrolysis) is 1. The Hall–Kier alpha value is -2.90. The molecule has 2 bridgehead atoms. The number of amides is 3. The molecule has 0 radical (unpaired) electrons. The first kappa shape index (κ1) is 20.4. The highest BCUT2D eigenvalue weighted by Gasteiger charge is 2.48. The summed E-state index contributed by atoms with van der Waals surface area (Å²) in [6.45, 7) is 5.20. The van der Waals surface area contributed by atoms with Crippen LogP contribution in [-0.4, -0.2) is 40.6 Å². The second kappa shape index (κ2) is 7.41. The van der Waals surface area contributed by atoms with Gasteiger partial charge in [0.15, 0.2) is 0 Å². The van der Waals surface area contributed by atoms with Gasteiger partial charge in [0.1, 0.15) is 11.6 Å². The van der Waals surface area contributed by atoms with Crippen molar-refractivity contribution in [1.29, 1.82) is 0 Å². The maximum atomic E-state index is 13.1. The summed E-state index contributed by atoms with van der Waals surface area (Å²) in [4.78, 5) is 55.8. The minimum absolute atomic E-state index is 0.112. The molecule has 8 nitrogen and oxygen atoms in total. The van der Waals surface area contributed by atoms with Crippen molar-refractivity contribution in [3.8, 4) is 0 Å². The van der Waals surface area contributed by atoms with Gasteiger partial charge in [0.25, 0.3) is 11.8 Å². The normalized spacial score (nSPS) is 25.8. The lowest BCUT2D eigenvalue weighted by atomic mass is 9.83. The van der Waals surface area contributed by atoms with E-state index in [-0.39, 0.29) is 17.0 Å². The first-order valence-electron chi connectivity index (χ1n) is 10.3. The summed E-state index contributed by atoms with van der Waals surface area (Å²) in [6, 6.07) is 5.31. The largest absolute Gasteiger partial charge is 0.444 e. The number of nitrogens with one attached hydrogen (secondary N) is 1. The number of rotatable bonds is 4. The number of benzene rings is 1. The summed E-state index contributed by atoms with van der Waals surface area (Å²) in [5.41, 5.74) is -0.353. The molecule has 1 N–H and O–H groups in total. The fourth-order valence-corrected chi connectivity index (χ4v) is 4.87. The van der Waals surface area contributed by atoms with Crippen LogP contribution in [0.2, 0.25) is 0 Å². The number of ether oxygens (including phenoxy) is 1. The van der Waals surface area contributed by atoms with Gasteiger partial charge in [-0.25, -0.2) is 9.59 Å². The van der Waals surface area contributed by atoms with Crippen LogP contribution in [0.1, 0.15) is 67.2 Å². The van der Waals surface area contributed by atoms with Crippen molar-refractivity contribution in [1.82, 2.24) is 10.4 Å². The van der Waals surface area contributed by atoms with Crippen molar-refractivity contribution in [2.24, 2.45) is 17.8 Å². The third kappa shape index (κ3) is 3.78. The average molecular weight is 414 g/mol. The van der Waals surface area contributed by atoms with Gasteiger partial charge in [0.05, 0.1) is 11.1 Å². The maximum absolute atomic E-state index is 13.1. The Morgan fingerprint density at radius 2 is 1.70 bits per heavy atom. The molecule has 4 unspecified atom stereocenters. The van der Waals surface area contributed by atoms with Crippen molar-refractivity contribution in [3.63, 3.8) is 0 Å². The smallest absolute Gasteiger partial charge is 0.408 e. The van der Waals surface area contributed by atoms with E-state index in [2.05, 4.69) is 5.32 Å². The molecule has 4 atom stereocenters. The highest BCUT2D eigenvalue weighted by molar-refractivity contribution is 6.20. The fourth-order valence-electron chi connectivity index (χ4n) is 4.87. The van der Waals surface area contributed by atoms with Gasteiger partial charge in [-0.3, -0.25) is 9.59 Å². The van der Waals surface area contributed by atoms with Gasteiger partial charge in [-0.2, -0.15) is 0 Å². The average Bonchev–Trinajstić information content (AvgIpc) is 3.36. The number of carbonyl (C=O) groups is 4. The second-order valence-corrected chi connectivity index (χ2v) is 9.32. The predicted octanol–water partition coefficient (Wildman–Crippen LogP) is 3.07. The van der Waals surface area contributed by atoms with Gasteiger partial charge in [-0.15, -0.1) is 0 Å². The molecule has 160 valence electrons. The zero-order valence-corrected chi connectivity index (χ0v) is 17.3. The molecule has 2 saturated carbocycles. The molecule has 3 amide bonds. The molecule has 2 aliphatic carbocycles. The first-order valence-corrected chi connectivity index (χ1v) is 10.3. The van der Waals surface area contributed by atoms with Crippen molar-refractivity contribution in [3.05, 3.63) is 35.4 Å². The third-order valence-corrected chi connectivity index (χ3v) is 6.09. The lowest BCUT2D eigenvalue weighted by Crippen LogP contribution is -2.51. The maximum Gasteiger partial charge on any atom is 0.408 e. The Balaban J connectivity index is 1.52. The Morgan fingerprint density at radius 1 is 1.07 bits per heavy atom. The molecule has 0 saturated heterocycles. The first-order chi connectivity index (χ1) is 14.1. The number of nitrogens with zero attached hydrogens (tertiary/aromatic N) is 1. The van der Waals surface area contributed by atoms with E-state index < -0.39 is 35.5 Å². The van der Waals surface area contributed by atoms with Gasteiger partial charge in [0.2, 0.25) is 0 Å². The van der Waals surface area contributed by atoms with Crippen LogP contribution in [0.5, 0.6) is 0 Å². The molecule has 1 heterocycles. The van der Waals surface area contributed by atoms with Gasteiger partial charge < -0.3 is 14.9 Å². The van der Waals surface area contributed by atoms with Crippen LogP contribution >= 0.6 is 0 Å². The van der Waals surface area contributed by atoms with Gasteiger partial charge >= 0.3 is 12.1 Å². The van der Waals surface area contributed by atoms with E-state index >= 15 is 0 Å². The second-order valence-electron chi connectivity index (χ2n) is 9.32. The van der Waals surface area contributed by atoms with E-state index in [0.717, 1.165) is 25.7 Å². The summed E-state index contributed by atoms with van der Waals surface area (Å²) < 4.78 is 5.32. The van der Waals surface area contributed by atoms with Gasteiger partial charge in [-0.1, -0.05) is 23.6 Å².